The van der Waals surface area contributed by atoms with Gasteiger partial charge in [0.25, 0.3) is 0 Å². The summed E-state index contributed by atoms with van der Waals surface area (Å²) in [5.41, 5.74) is 5.19. The number of nitrogens with one attached hydrogen (secondary N) is 1. The fraction of sp³-hybridized carbons (Fsp3) is 0. The lowest BCUT2D eigenvalue weighted by Crippen LogP contribution is -1.92. The summed E-state index contributed by atoms with van der Waals surface area (Å²) in [5, 5.41) is 12.2. The van der Waals surface area contributed by atoms with Crippen molar-refractivity contribution in [2.75, 3.05) is 5.43 Å². The van der Waals surface area contributed by atoms with E-state index in [1.807, 2.05) is 36.5 Å². The average Bonchev–Trinajstić information content (AvgIpc) is 2.68. The largest absolute Gasteiger partial charge is 0.279 e. The summed E-state index contributed by atoms with van der Waals surface area (Å²) in [6.07, 6.45) is 1.90. The van der Waals surface area contributed by atoms with Gasteiger partial charge in [-0.05, 0) is 44.5 Å². The molecule has 0 spiro atoms. The molecule has 0 aliphatic carbocycles. The zero-order valence-electron chi connectivity index (χ0n) is 13.6. The molecule has 0 aliphatic heterocycles. The first-order valence-corrected chi connectivity index (χ1v) is 8.41. The number of benzene rings is 5. The van der Waals surface area contributed by atoms with E-state index in [4.69, 9.17) is 0 Å². The van der Waals surface area contributed by atoms with Crippen molar-refractivity contribution in [1.82, 2.24) is 0 Å². The number of anilines is 1. The Morgan fingerprint density at radius 1 is 0.600 bits per heavy atom. The number of hydrogen-bond acceptors (Lipinski definition) is 2. The molecule has 0 amide bonds. The van der Waals surface area contributed by atoms with E-state index in [0.717, 1.165) is 11.3 Å². The first-order valence-electron chi connectivity index (χ1n) is 8.41. The van der Waals surface area contributed by atoms with Gasteiger partial charge >= 0.3 is 0 Å². The summed E-state index contributed by atoms with van der Waals surface area (Å²) >= 11 is 0. The van der Waals surface area contributed by atoms with Crippen LogP contribution >= 0.6 is 0 Å². The van der Waals surface area contributed by atoms with Crippen LogP contribution in [0.3, 0.4) is 0 Å². The molecule has 0 saturated carbocycles. The van der Waals surface area contributed by atoms with E-state index in [-0.39, 0.29) is 0 Å². The minimum Gasteiger partial charge on any atom is -0.279 e. The molecule has 118 valence electrons. The second-order valence-electron chi connectivity index (χ2n) is 6.25. The molecule has 5 aromatic rings. The highest BCUT2D eigenvalue weighted by Gasteiger charge is 2.09. The lowest BCUT2D eigenvalue weighted by molar-refractivity contribution is 1.35. The maximum atomic E-state index is 4.42. The lowest BCUT2D eigenvalue weighted by atomic mass is 9.92. The van der Waals surface area contributed by atoms with Gasteiger partial charge in [-0.1, -0.05) is 72.8 Å². The second-order valence-corrected chi connectivity index (χ2v) is 6.25. The van der Waals surface area contributed by atoms with Crippen LogP contribution in [0.5, 0.6) is 0 Å². The van der Waals surface area contributed by atoms with Gasteiger partial charge in [0.1, 0.15) is 0 Å². The van der Waals surface area contributed by atoms with Gasteiger partial charge in [0.15, 0.2) is 0 Å². The first kappa shape index (κ1) is 14.0. The van der Waals surface area contributed by atoms with E-state index >= 15 is 0 Å². The molecule has 0 atom stereocenters. The topological polar surface area (TPSA) is 24.4 Å². The van der Waals surface area contributed by atoms with E-state index in [1.165, 1.54) is 32.3 Å². The van der Waals surface area contributed by atoms with Crippen molar-refractivity contribution in [2.45, 2.75) is 0 Å². The Labute approximate surface area is 145 Å². The molecule has 2 nitrogen and oxygen atoms in total. The molecule has 0 unspecified atom stereocenters. The molecular formula is C23H16N2. The van der Waals surface area contributed by atoms with Crippen molar-refractivity contribution >= 4 is 44.2 Å². The molecular weight excluding hydrogens is 304 g/mol. The van der Waals surface area contributed by atoms with Crippen LogP contribution in [-0.4, -0.2) is 6.21 Å². The van der Waals surface area contributed by atoms with Gasteiger partial charge in [0, 0.05) is 5.56 Å². The number of hydrazone groups is 1. The molecule has 1 N–H and O–H groups in total. The normalized spacial score (nSPS) is 11.8. The Balaban J connectivity index is 1.66. The van der Waals surface area contributed by atoms with Gasteiger partial charge in [-0.25, -0.2) is 0 Å². The van der Waals surface area contributed by atoms with Gasteiger partial charge in [-0.3, -0.25) is 5.43 Å². The standard InChI is InChI=1S/C23H16N2/c1-2-7-20(8-3-1)25-24-15-19-12-11-18-10-9-16-5-4-6-17-13-14-21(19)23(18)22(16)17/h1-15,25H. The monoisotopic (exact) mass is 320 g/mol. The first-order chi connectivity index (χ1) is 12.4. The van der Waals surface area contributed by atoms with E-state index < -0.39 is 0 Å². The maximum absolute atomic E-state index is 4.42. The minimum absolute atomic E-state index is 0.983. The molecule has 0 aromatic heterocycles. The fourth-order valence-corrected chi connectivity index (χ4v) is 3.56. The predicted molar refractivity (Wildman–Crippen MR) is 108 cm³/mol. The second kappa shape index (κ2) is 5.60. The van der Waals surface area contributed by atoms with E-state index in [9.17, 15) is 0 Å². The summed E-state index contributed by atoms with van der Waals surface area (Å²) in [7, 11) is 0. The van der Waals surface area contributed by atoms with E-state index in [0.29, 0.717) is 0 Å². The van der Waals surface area contributed by atoms with Gasteiger partial charge in [0.2, 0.25) is 0 Å². The Bertz CT molecular complexity index is 1190. The van der Waals surface area contributed by atoms with Crippen molar-refractivity contribution in [3.05, 3.63) is 90.5 Å². The Kier molecular flexibility index (Phi) is 3.14. The van der Waals surface area contributed by atoms with Crippen LogP contribution < -0.4 is 5.43 Å². The summed E-state index contributed by atoms with van der Waals surface area (Å²) in [4.78, 5) is 0. The van der Waals surface area contributed by atoms with Crippen LogP contribution in [0.25, 0.3) is 32.3 Å². The van der Waals surface area contributed by atoms with Crippen LogP contribution in [0.4, 0.5) is 5.69 Å². The Morgan fingerprint density at radius 2 is 1.28 bits per heavy atom. The van der Waals surface area contributed by atoms with Crippen LogP contribution in [0.1, 0.15) is 5.56 Å². The smallest absolute Gasteiger partial charge is 0.0561 e. The predicted octanol–water partition coefficient (Wildman–Crippen LogP) is 6.03. The quantitative estimate of drug-likeness (QED) is 0.245. The molecule has 25 heavy (non-hydrogen) atoms. The zero-order chi connectivity index (χ0) is 16.6. The highest BCUT2D eigenvalue weighted by atomic mass is 15.3. The van der Waals surface area contributed by atoms with Crippen LogP contribution in [0.15, 0.2) is 90.0 Å². The number of nitrogens with zero attached hydrogens (tertiary/aromatic N) is 1. The third kappa shape index (κ3) is 2.31. The fourth-order valence-electron chi connectivity index (χ4n) is 3.56. The van der Waals surface area contributed by atoms with Crippen molar-refractivity contribution in [1.29, 1.82) is 0 Å². The molecule has 0 bridgehead atoms. The van der Waals surface area contributed by atoms with Crippen molar-refractivity contribution < 1.29 is 0 Å². The Morgan fingerprint density at radius 3 is 2.08 bits per heavy atom. The van der Waals surface area contributed by atoms with Crippen LogP contribution in [-0.2, 0) is 0 Å². The molecule has 0 heterocycles. The molecule has 2 heteroatoms. The van der Waals surface area contributed by atoms with Gasteiger partial charge in [-0.2, -0.15) is 5.10 Å². The molecule has 0 saturated heterocycles. The highest BCUT2D eigenvalue weighted by molar-refractivity contribution is 6.25. The number of rotatable bonds is 3. The number of para-hydroxylation sites is 1. The average molecular weight is 320 g/mol. The molecule has 0 fully saturated rings. The lowest BCUT2D eigenvalue weighted by Gasteiger charge is -2.12. The summed E-state index contributed by atoms with van der Waals surface area (Å²) < 4.78 is 0. The summed E-state index contributed by atoms with van der Waals surface area (Å²) in [6.45, 7) is 0. The maximum Gasteiger partial charge on any atom is 0.0561 e. The molecule has 5 rings (SSSR count). The minimum atomic E-state index is 0.983. The van der Waals surface area contributed by atoms with Gasteiger partial charge < -0.3 is 0 Å². The van der Waals surface area contributed by atoms with Crippen LogP contribution in [0, 0.1) is 0 Å². The highest BCUT2D eigenvalue weighted by Crippen LogP contribution is 2.35. The third-order valence-electron chi connectivity index (χ3n) is 4.73. The third-order valence-corrected chi connectivity index (χ3v) is 4.73. The molecule has 0 aliphatic rings. The summed E-state index contributed by atoms with van der Waals surface area (Å²) in [6, 6.07) is 29.6. The Hall–Kier alpha value is -3.39. The summed E-state index contributed by atoms with van der Waals surface area (Å²) in [5.74, 6) is 0. The molecule has 5 aromatic carbocycles. The molecule has 0 radical (unpaired) electrons. The SMILES string of the molecule is C(=NNc1ccccc1)c1ccc2ccc3cccc4ccc1c2c34. The van der Waals surface area contributed by atoms with Gasteiger partial charge in [0.05, 0.1) is 11.9 Å². The van der Waals surface area contributed by atoms with Gasteiger partial charge in [-0.15, -0.1) is 0 Å². The van der Waals surface area contributed by atoms with Crippen LogP contribution in [0.2, 0.25) is 0 Å². The van der Waals surface area contributed by atoms with Crippen molar-refractivity contribution in [3.8, 4) is 0 Å². The number of hydrogen-bond donors (Lipinski definition) is 1. The van der Waals surface area contributed by atoms with Crippen molar-refractivity contribution in [3.63, 3.8) is 0 Å². The van der Waals surface area contributed by atoms with E-state index in [2.05, 4.69) is 65.1 Å². The van der Waals surface area contributed by atoms with Crippen molar-refractivity contribution in [2.24, 2.45) is 5.10 Å². The zero-order valence-corrected chi connectivity index (χ0v) is 13.6. The van der Waals surface area contributed by atoms with E-state index in [1.54, 1.807) is 0 Å².